The first-order valence-electron chi connectivity index (χ1n) is 2.94. The van der Waals surface area contributed by atoms with Crippen molar-refractivity contribution in [2.24, 2.45) is 0 Å². The van der Waals surface area contributed by atoms with E-state index in [2.05, 4.69) is 4.98 Å². The predicted octanol–water partition coefficient (Wildman–Crippen LogP) is 1.10. The first-order chi connectivity index (χ1) is 5.27. The second-order valence-corrected chi connectivity index (χ2v) is 2.31. The summed E-state index contributed by atoms with van der Waals surface area (Å²) in [7, 11) is 0. The molecule has 0 aliphatic rings. The monoisotopic (exact) mass is 168 g/mol. The Kier molecular flexibility index (Phi) is 2.42. The molecule has 11 heavy (non-hydrogen) atoms. The highest BCUT2D eigenvalue weighted by Gasteiger charge is 2.00. The van der Waals surface area contributed by atoms with Crippen LogP contribution in [-0.4, -0.2) is 10.1 Å². The molecule has 0 aliphatic carbocycles. The van der Waals surface area contributed by atoms with Gasteiger partial charge in [0.25, 0.3) is 0 Å². The molecule has 0 atom stereocenters. The molecule has 0 aromatic carbocycles. The van der Waals surface area contributed by atoms with Crippen LogP contribution in [0, 0.1) is 11.3 Å². The fraction of sp³-hybridized carbons (Fsp3) is 0.143. The summed E-state index contributed by atoms with van der Waals surface area (Å²) in [5.74, 6) is 0. The van der Waals surface area contributed by atoms with E-state index < -0.39 is 0 Å². The molecule has 56 valence electrons. The average Bonchev–Trinajstić information content (AvgIpc) is 2.05. The van der Waals surface area contributed by atoms with Crippen LogP contribution in [0.5, 0.6) is 0 Å². The molecule has 0 unspecified atom stereocenters. The van der Waals surface area contributed by atoms with Gasteiger partial charge in [-0.3, -0.25) is 0 Å². The number of halogens is 1. The standard InChI is InChI=1S/C7H5ClN2O/c8-6-2-1-5(4-11)10-7(6)3-9/h1-2,11H,4H2. The Bertz CT molecular complexity index is 306. The summed E-state index contributed by atoms with van der Waals surface area (Å²) in [6, 6.07) is 4.93. The molecular formula is C7H5ClN2O. The fourth-order valence-corrected chi connectivity index (χ4v) is 0.797. The average molecular weight is 169 g/mol. The molecule has 3 nitrogen and oxygen atoms in total. The van der Waals surface area contributed by atoms with E-state index in [1.165, 1.54) is 0 Å². The van der Waals surface area contributed by atoms with Crippen LogP contribution in [0.4, 0.5) is 0 Å². The number of rotatable bonds is 1. The number of hydrogen-bond acceptors (Lipinski definition) is 3. The molecule has 1 aromatic rings. The summed E-state index contributed by atoms with van der Waals surface area (Å²) in [5, 5.41) is 17.4. The van der Waals surface area contributed by atoms with Crippen LogP contribution < -0.4 is 0 Å². The van der Waals surface area contributed by atoms with Crippen molar-refractivity contribution in [3.05, 3.63) is 28.5 Å². The molecule has 4 heteroatoms. The maximum atomic E-state index is 8.63. The Morgan fingerprint density at radius 2 is 2.36 bits per heavy atom. The van der Waals surface area contributed by atoms with Crippen molar-refractivity contribution in [1.29, 1.82) is 5.26 Å². The van der Waals surface area contributed by atoms with E-state index in [4.69, 9.17) is 22.0 Å². The van der Waals surface area contributed by atoms with E-state index >= 15 is 0 Å². The summed E-state index contributed by atoms with van der Waals surface area (Å²) < 4.78 is 0. The van der Waals surface area contributed by atoms with E-state index in [1.807, 2.05) is 6.07 Å². The minimum absolute atomic E-state index is 0.151. The van der Waals surface area contributed by atoms with Gasteiger partial charge in [-0.15, -0.1) is 0 Å². The molecule has 0 saturated carbocycles. The third kappa shape index (κ3) is 1.67. The molecule has 1 N–H and O–H groups in total. The van der Waals surface area contributed by atoms with Gasteiger partial charge >= 0.3 is 0 Å². The lowest BCUT2D eigenvalue weighted by atomic mass is 10.3. The zero-order chi connectivity index (χ0) is 8.27. The van der Waals surface area contributed by atoms with Crippen molar-refractivity contribution >= 4 is 11.6 Å². The van der Waals surface area contributed by atoms with E-state index in [-0.39, 0.29) is 12.3 Å². The van der Waals surface area contributed by atoms with Crippen molar-refractivity contribution in [3.63, 3.8) is 0 Å². The molecule has 1 rings (SSSR count). The first-order valence-corrected chi connectivity index (χ1v) is 3.32. The molecule has 1 heterocycles. The van der Waals surface area contributed by atoms with Crippen LogP contribution >= 0.6 is 11.6 Å². The summed E-state index contributed by atoms with van der Waals surface area (Å²) in [6.45, 7) is -0.175. The quantitative estimate of drug-likeness (QED) is 0.683. The number of aliphatic hydroxyl groups is 1. The van der Waals surface area contributed by atoms with Crippen molar-refractivity contribution < 1.29 is 5.11 Å². The highest BCUT2D eigenvalue weighted by Crippen LogP contribution is 2.12. The van der Waals surface area contributed by atoms with Gasteiger partial charge in [-0.2, -0.15) is 5.26 Å². The third-order valence-corrected chi connectivity index (χ3v) is 1.48. The topological polar surface area (TPSA) is 56.9 Å². The van der Waals surface area contributed by atoms with Gasteiger partial charge < -0.3 is 5.11 Å². The molecule has 0 saturated heterocycles. The van der Waals surface area contributed by atoms with Crippen LogP contribution in [0.1, 0.15) is 11.4 Å². The van der Waals surface area contributed by atoms with Crippen molar-refractivity contribution in [3.8, 4) is 6.07 Å². The Morgan fingerprint density at radius 1 is 1.64 bits per heavy atom. The van der Waals surface area contributed by atoms with Crippen LogP contribution in [0.2, 0.25) is 5.02 Å². The minimum Gasteiger partial charge on any atom is -0.390 e. The summed E-state index contributed by atoms with van der Waals surface area (Å²) in [4.78, 5) is 3.77. The van der Waals surface area contributed by atoms with Gasteiger partial charge in [-0.1, -0.05) is 11.6 Å². The van der Waals surface area contributed by atoms with Crippen molar-refractivity contribution in [1.82, 2.24) is 4.98 Å². The lowest BCUT2D eigenvalue weighted by Crippen LogP contribution is -1.92. The number of nitrogens with zero attached hydrogens (tertiary/aromatic N) is 2. The number of pyridine rings is 1. The highest BCUT2D eigenvalue weighted by atomic mass is 35.5. The normalized spacial score (nSPS) is 9.18. The van der Waals surface area contributed by atoms with E-state index in [1.54, 1.807) is 12.1 Å². The lowest BCUT2D eigenvalue weighted by molar-refractivity contribution is 0.277. The smallest absolute Gasteiger partial charge is 0.159 e. The summed E-state index contributed by atoms with van der Waals surface area (Å²) in [5.41, 5.74) is 0.601. The maximum Gasteiger partial charge on any atom is 0.159 e. The van der Waals surface area contributed by atoms with Crippen molar-refractivity contribution in [2.45, 2.75) is 6.61 Å². The summed E-state index contributed by atoms with van der Waals surface area (Å²) in [6.07, 6.45) is 0. The van der Waals surface area contributed by atoms with E-state index in [0.29, 0.717) is 10.7 Å². The SMILES string of the molecule is N#Cc1nc(CO)ccc1Cl. The van der Waals surface area contributed by atoms with Crippen LogP contribution in [0.15, 0.2) is 12.1 Å². The van der Waals surface area contributed by atoms with Crippen molar-refractivity contribution in [2.75, 3.05) is 0 Å². The second kappa shape index (κ2) is 3.33. The first kappa shape index (κ1) is 7.99. The molecule has 0 bridgehead atoms. The number of aliphatic hydroxyl groups excluding tert-OH is 1. The predicted molar refractivity (Wildman–Crippen MR) is 39.9 cm³/mol. The Labute approximate surface area is 68.9 Å². The Morgan fingerprint density at radius 3 is 2.91 bits per heavy atom. The Balaban J connectivity index is 3.15. The minimum atomic E-state index is -0.175. The molecule has 0 aliphatic heterocycles. The van der Waals surface area contributed by atoms with Gasteiger partial charge in [-0.05, 0) is 12.1 Å². The summed E-state index contributed by atoms with van der Waals surface area (Å²) >= 11 is 5.59. The van der Waals surface area contributed by atoms with Crippen LogP contribution in [-0.2, 0) is 6.61 Å². The van der Waals surface area contributed by atoms with Gasteiger partial charge in [0, 0.05) is 0 Å². The van der Waals surface area contributed by atoms with Crippen LogP contribution in [0.25, 0.3) is 0 Å². The zero-order valence-corrected chi connectivity index (χ0v) is 6.34. The fourth-order valence-electron chi connectivity index (χ4n) is 0.649. The van der Waals surface area contributed by atoms with Gasteiger partial charge in [-0.25, -0.2) is 4.98 Å². The van der Waals surface area contributed by atoms with Gasteiger partial charge in [0.15, 0.2) is 5.69 Å². The molecule has 0 spiro atoms. The molecule has 1 aromatic heterocycles. The largest absolute Gasteiger partial charge is 0.390 e. The van der Waals surface area contributed by atoms with Gasteiger partial charge in [0.05, 0.1) is 17.3 Å². The second-order valence-electron chi connectivity index (χ2n) is 1.90. The molecule has 0 amide bonds. The lowest BCUT2D eigenvalue weighted by Gasteiger charge is -1.96. The molecule has 0 fully saturated rings. The number of hydrogen-bond donors (Lipinski definition) is 1. The molecule has 0 radical (unpaired) electrons. The van der Waals surface area contributed by atoms with Gasteiger partial charge in [0.2, 0.25) is 0 Å². The number of nitriles is 1. The molecular weight excluding hydrogens is 164 g/mol. The van der Waals surface area contributed by atoms with Crippen LogP contribution in [0.3, 0.4) is 0 Å². The number of aromatic nitrogens is 1. The van der Waals surface area contributed by atoms with E-state index in [9.17, 15) is 0 Å². The Hall–Kier alpha value is -1.11. The third-order valence-electron chi connectivity index (χ3n) is 1.17. The van der Waals surface area contributed by atoms with Gasteiger partial charge in [0.1, 0.15) is 6.07 Å². The zero-order valence-electron chi connectivity index (χ0n) is 5.58. The highest BCUT2D eigenvalue weighted by molar-refractivity contribution is 6.31. The maximum absolute atomic E-state index is 8.63. The van der Waals surface area contributed by atoms with E-state index in [0.717, 1.165) is 0 Å².